The average Bonchev–Trinajstić information content (AvgIpc) is 2.28. The molecule has 0 aliphatic carbocycles. The van der Waals surface area contributed by atoms with Gasteiger partial charge in [-0.1, -0.05) is 6.07 Å². The largest absolute Gasteiger partial charge is 0.490 e. The zero-order valence-electron chi connectivity index (χ0n) is 9.08. The summed E-state index contributed by atoms with van der Waals surface area (Å²) in [6.07, 6.45) is 0. The van der Waals surface area contributed by atoms with Gasteiger partial charge in [-0.15, -0.1) is 0 Å². The minimum atomic E-state index is -1.09. The molecule has 0 heterocycles. The monoisotopic (exact) mass is 241 g/mol. The first-order valence-electron chi connectivity index (χ1n) is 4.65. The SMILES string of the molecule is COc1ccc(COCC(=O)O)cc1[N+](=O)[O-]. The van der Waals surface area contributed by atoms with E-state index >= 15 is 0 Å². The van der Waals surface area contributed by atoms with Crippen molar-refractivity contribution in [3.05, 3.63) is 33.9 Å². The maximum absolute atomic E-state index is 10.7. The lowest BCUT2D eigenvalue weighted by Crippen LogP contribution is -2.06. The minimum Gasteiger partial charge on any atom is -0.490 e. The van der Waals surface area contributed by atoms with Crippen LogP contribution in [-0.2, 0) is 16.1 Å². The Morgan fingerprint density at radius 1 is 1.53 bits per heavy atom. The average molecular weight is 241 g/mol. The second-order valence-corrected chi connectivity index (χ2v) is 3.15. The number of benzene rings is 1. The van der Waals surface area contributed by atoms with Crippen LogP contribution >= 0.6 is 0 Å². The van der Waals surface area contributed by atoms with E-state index in [1.807, 2.05) is 0 Å². The van der Waals surface area contributed by atoms with Crippen molar-refractivity contribution in [3.8, 4) is 5.75 Å². The van der Waals surface area contributed by atoms with Crippen molar-refractivity contribution in [1.82, 2.24) is 0 Å². The predicted octanol–water partition coefficient (Wildman–Crippen LogP) is 1.20. The topological polar surface area (TPSA) is 98.9 Å². The maximum atomic E-state index is 10.7. The Kier molecular flexibility index (Phi) is 4.41. The molecule has 0 amide bonds. The van der Waals surface area contributed by atoms with Crippen LogP contribution in [0.5, 0.6) is 5.75 Å². The number of nitro benzene ring substituents is 1. The number of carboxylic acids is 1. The normalized spacial score (nSPS) is 9.94. The minimum absolute atomic E-state index is 0.00284. The molecule has 0 fully saturated rings. The van der Waals surface area contributed by atoms with Gasteiger partial charge in [0, 0.05) is 6.07 Å². The van der Waals surface area contributed by atoms with Crippen LogP contribution in [0.4, 0.5) is 5.69 Å². The molecule has 17 heavy (non-hydrogen) atoms. The standard InChI is InChI=1S/C10H11NO6/c1-16-9-3-2-7(4-8(9)11(14)15)5-17-6-10(12)13/h2-4H,5-6H2,1H3,(H,12,13). The fourth-order valence-electron chi connectivity index (χ4n) is 1.22. The van der Waals surface area contributed by atoms with Crippen molar-refractivity contribution in [2.75, 3.05) is 13.7 Å². The van der Waals surface area contributed by atoms with Crippen LogP contribution in [0.25, 0.3) is 0 Å². The highest BCUT2D eigenvalue weighted by molar-refractivity contribution is 5.68. The first-order chi connectivity index (χ1) is 8.04. The van der Waals surface area contributed by atoms with E-state index in [2.05, 4.69) is 0 Å². The highest BCUT2D eigenvalue weighted by Crippen LogP contribution is 2.27. The zero-order chi connectivity index (χ0) is 12.8. The van der Waals surface area contributed by atoms with E-state index in [1.165, 1.54) is 19.2 Å². The molecule has 1 aromatic carbocycles. The quantitative estimate of drug-likeness (QED) is 0.593. The number of methoxy groups -OCH3 is 1. The van der Waals surface area contributed by atoms with Crippen molar-refractivity contribution in [3.63, 3.8) is 0 Å². The molecule has 0 spiro atoms. The first-order valence-corrected chi connectivity index (χ1v) is 4.65. The van der Waals surface area contributed by atoms with Gasteiger partial charge >= 0.3 is 11.7 Å². The third-order valence-corrected chi connectivity index (χ3v) is 1.93. The molecule has 0 aliphatic heterocycles. The third kappa shape index (κ3) is 3.72. The number of rotatable bonds is 6. The Labute approximate surface area is 96.7 Å². The summed E-state index contributed by atoms with van der Waals surface area (Å²) in [5.41, 5.74) is 0.336. The van der Waals surface area contributed by atoms with E-state index < -0.39 is 17.5 Å². The molecule has 0 bridgehead atoms. The molecule has 0 unspecified atom stereocenters. The molecule has 0 aliphatic rings. The second kappa shape index (κ2) is 5.80. The van der Waals surface area contributed by atoms with E-state index in [0.717, 1.165) is 0 Å². The van der Waals surface area contributed by atoms with Crippen molar-refractivity contribution in [1.29, 1.82) is 0 Å². The molecule has 1 rings (SSSR count). The first kappa shape index (κ1) is 12.9. The van der Waals surface area contributed by atoms with E-state index in [0.29, 0.717) is 5.56 Å². The highest BCUT2D eigenvalue weighted by Gasteiger charge is 2.15. The summed E-state index contributed by atoms with van der Waals surface area (Å²) in [5, 5.41) is 19.1. The second-order valence-electron chi connectivity index (χ2n) is 3.15. The Bertz CT molecular complexity index is 431. The Morgan fingerprint density at radius 3 is 2.76 bits per heavy atom. The Hall–Kier alpha value is -2.15. The summed E-state index contributed by atoms with van der Waals surface area (Å²) in [6.45, 7) is -0.447. The maximum Gasteiger partial charge on any atom is 0.329 e. The van der Waals surface area contributed by atoms with Crippen molar-refractivity contribution in [2.45, 2.75) is 6.61 Å². The molecule has 92 valence electrons. The predicted molar refractivity (Wildman–Crippen MR) is 56.9 cm³/mol. The lowest BCUT2D eigenvalue weighted by molar-refractivity contribution is -0.385. The molecule has 0 atom stereocenters. The number of hydrogen-bond donors (Lipinski definition) is 1. The van der Waals surface area contributed by atoms with Gasteiger partial charge in [-0.25, -0.2) is 4.79 Å². The molecule has 0 aromatic heterocycles. The smallest absolute Gasteiger partial charge is 0.329 e. The summed E-state index contributed by atoms with van der Waals surface area (Å²) in [6, 6.07) is 4.31. The molecule has 7 nitrogen and oxygen atoms in total. The van der Waals surface area contributed by atoms with Crippen LogP contribution in [0.15, 0.2) is 18.2 Å². The number of nitro groups is 1. The molecule has 1 aromatic rings. The van der Waals surface area contributed by atoms with Gasteiger partial charge in [-0.3, -0.25) is 10.1 Å². The lowest BCUT2D eigenvalue weighted by Gasteiger charge is -2.05. The number of nitrogens with zero attached hydrogens (tertiary/aromatic N) is 1. The number of aliphatic carboxylic acids is 1. The summed E-state index contributed by atoms with van der Waals surface area (Å²) in [7, 11) is 1.34. The lowest BCUT2D eigenvalue weighted by atomic mass is 10.2. The van der Waals surface area contributed by atoms with Crippen molar-refractivity contribution in [2.24, 2.45) is 0 Å². The summed E-state index contributed by atoms with van der Waals surface area (Å²) >= 11 is 0. The molecule has 7 heteroatoms. The van der Waals surface area contributed by atoms with Gasteiger partial charge in [0.25, 0.3) is 0 Å². The van der Waals surface area contributed by atoms with Crippen LogP contribution in [0.1, 0.15) is 5.56 Å². The van der Waals surface area contributed by atoms with E-state index in [4.69, 9.17) is 14.6 Å². The van der Waals surface area contributed by atoms with Gasteiger partial charge in [0.2, 0.25) is 0 Å². The molecule has 0 saturated carbocycles. The molecule has 0 saturated heterocycles. The molecule has 0 radical (unpaired) electrons. The van der Waals surface area contributed by atoms with Crippen LogP contribution in [0.3, 0.4) is 0 Å². The molecular weight excluding hydrogens is 230 g/mol. The number of carboxylic acid groups (broad SMARTS) is 1. The van der Waals surface area contributed by atoms with Gasteiger partial charge in [0.1, 0.15) is 6.61 Å². The Morgan fingerprint density at radius 2 is 2.24 bits per heavy atom. The van der Waals surface area contributed by atoms with Gasteiger partial charge in [-0.2, -0.15) is 0 Å². The summed E-state index contributed by atoms with van der Waals surface area (Å²) < 4.78 is 9.65. The summed E-state index contributed by atoms with van der Waals surface area (Å²) in [4.78, 5) is 20.3. The van der Waals surface area contributed by atoms with Crippen LogP contribution in [0.2, 0.25) is 0 Å². The van der Waals surface area contributed by atoms with E-state index in [-0.39, 0.29) is 18.0 Å². The van der Waals surface area contributed by atoms with E-state index in [1.54, 1.807) is 6.07 Å². The fourth-order valence-corrected chi connectivity index (χ4v) is 1.22. The summed E-state index contributed by atoms with van der Waals surface area (Å²) in [5.74, 6) is -0.940. The Balaban J connectivity index is 2.78. The van der Waals surface area contributed by atoms with Gasteiger partial charge < -0.3 is 14.6 Å². The van der Waals surface area contributed by atoms with E-state index in [9.17, 15) is 14.9 Å². The molecular formula is C10H11NO6. The van der Waals surface area contributed by atoms with Gasteiger partial charge in [0.05, 0.1) is 18.6 Å². The van der Waals surface area contributed by atoms with Crippen molar-refractivity contribution >= 4 is 11.7 Å². The van der Waals surface area contributed by atoms with Crippen LogP contribution in [-0.4, -0.2) is 29.7 Å². The number of ether oxygens (including phenoxy) is 2. The fraction of sp³-hybridized carbons (Fsp3) is 0.300. The number of hydrogen-bond acceptors (Lipinski definition) is 5. The van der Waals surface area contributed by atoms with Gasteiger partial charge in [-0.05, 0) is 11.6 Å². The van der Waals surface area contributed by atoms with Crippen LogP contribution in [0, 0.1) is 10.1 Å². The van der Waals surface area contributed by atoms with Crippen molar-refractivity contribution < 1.29 is 24.3 Å². The van der Waals surface area contributed by atoms with Crippen LogP contribution < -0.4 is 4.74 Å². The number of carbonyl (C=O) groups is 1. The molecule has 1 N–H and O–H groups in total. The zero-order valence-corrected chi connectivity index (χ0v) is 9.08. The third-order valence-electron chi connectivity index (χ3n) is 1.93. The van der Waals surface area contributed by atoms with Gasteiger partial charge in [0.15, 0.2) is 5.75 Å². The highest BCUT2D eigenvalue weighted by atomic mass is 16.6.